The Labute approximate surface area is 167 Å². The van der Waals surface area contributed by atoms with Crippen molar-refractivity contribution in [3.63, 3.8) is 0 Å². The van der Waals surface area contributed by atoms with Gasteiger partial charge in [-0.15, -0.1) is 0 Å². The molecule has 27 heavy (non-hydrogen) atoms. The van der Waals surface area contributed by atoms with Crippen LogP contribution in [0.15, 0.2) is 59.6 Å². The number of carbonyl (C=O) groups excluding carboxylic acids is 1. The quantitative estimate of drug-likeness (QED) is 0.762. The average molecular weight is 421 g/mol. The Morgan fingerprint density at radius 3 is 2.52 bits per heavy atom. The number of amidine groups is 1. The predicted molar refractivity (Wildman–Crippen MR) is 110 cm³/mol. The molecular weight excluding hydrogens is 404 g/mol. The summed E-state index contributed by atoms with van der Waals surface area (Å²) in [5.74, 6) is -0.0522. The number of benzene rings is 2. The molecule has 2 atom stereocenters. The maximum absolute atomic E-state index is 12.5. The molecule has 2 aromatic rings. The lowest BCUT2D eigenvalue weighted by atomic mass is 10.1. The highest BCUT2D eigenvalue weighted by Crippen LogP contribution is 2.40. The molecule has 0 bridgehead atoms. The largest absolute Gasteiger partial charge is 0.316 e. The molecule has 2 heterocycles. The van der Waals surface area contributed by atoms with E-state index in [1.165, 1.54) is 11.8 Å². The normalized spacial score (nSPS) is 24.9. The summed E-state index contributed by atoms with van der Waals surface area (Å²) in [5.41, 5.74) is 1.69. The van der Waals surface area contributed by atoms with E-state index in [-0.39, 0.29) is 35.1 Å². The van der Waals surface area contributed by atoms with Gasteiger partial charge in [0.15, 0.2) is 15.0 Å². The predicted octanol–water partition coefficient (Wildman–Crippen LogP) is 3.18. The average Bonchev–Trinajstić information content (AvgIpc) is 3.08. The van der Waals surface area contributed by atoms with Crippen molar-refractivity contribution in [3.05, 3.63) is 65.2 Å². The van der Waals surface area contributed by atoms with Gasteiger partial charge >= 0.3 is 0 Å². The minimum absolute atomic E-state index is 0.0873. The molecule has 2 aliphatic rings. The minimum Gasteiger partial charge on any atom is -0.316 e. The van der Waals surface area contributed by atoms with Crippen LogP contribution in [-0.2, 0) is 21.1 Å². The maximum atomic E-state index is 12.5. The van der Waals surface area contributed by atoms with Gasteiger partial charge in [-0.1, -0.05) is 53.7 Å². The first kappa shape index (κ1) is 18.5. The summed E-state index contributed by atoms with van der Waals surface area (Å²) >= 11 is 7.26. The van der Waals surface area contributed by atoms with Crippen LogP contribution in [0.4, 0.5) is 5.69 Å². The zero-order chi connectivity index (χ0) is 19.0. The van der Waals surface area contributed by atoms with E-state index in [4.69, 9.17) is 11.6 Å². The van der Waals surface area contributed by atoms with E-state index >= 15 is 0 Å². The molecule has 1 amide bonds. The molecule has 2 aromatic carbocycles. The zero-order valence-electron chi connectivity index (χ0n) is 14.3. The van der Waals surface area contributed by atoms with E-state index in [9.17, 15) is 13.2 Å². The van der Waals surface area contributed by atoms with Crippen molar-refractivity contribution in [1.29, 1.82) is 0 Å². The molecule has 8 heteroatoms. The molecular formula is C19H17ClN2O3S2. The third-order valence-corrected chi connectivity index (χ3v) is 8.05. The van der Waals surface area contributed by atoms with Gasteiger partial charge in [0.1, 0.15) is 0 Å². The topological polar surface area (TPSA) is 66.8 Å². The van der Waals surface area contributed by atoms with Crippen LogP contribution in [0.3, 0.4) is 0 Å². The number of hydrogen-bond donors (Lipinski definition) is 0. The number of amides is 1. The number of anilines is 1. The summed E-state index contributed by atoms with van der Waals surface area (Å²) in [7, 11) is -3.07. The van der Waals surface area contributed by atoms with Gasteiger partial charge in [-0.05, 0) is 29.8 Å². The van der Waals surface area contributed by atoms with Crippen molar-refractivity contribution in [2.75, 3.05) is 16.4 Å². The van der Waals surface area contributed by atoms with Crippen LogP contribution < -0.4 is 4.90 Å². The van der Waals surface area contributed by atoms with Gasteiger partial charge < -0.3 is 4.90 Å². The number of aliphatic imine (C=N–C) groups is 1. The lowest BCUT2D eigenvalue weighted by molar-refractivity contribution is -0.117. The number of sulfone groups is 1. The van der Waals surface area contributed by atoms with Gasteiger partial charge in [0, 0.05) is 16.0 Å². The van der Waals surface area contributed by atoms with Gasteiger partial charge in [-0.3, -0.25) is 4.79 Å². The molecule has 5 nitrogen and oxygen atoms in total. The Morgan fingerprint density at radius 1 is 1.11 bits per heavy atom. The molecule has 0 aliphatic carbocycles. The van der Waals surface area contributed by atoms with Crippen molar-refractivity contribution in [2.24, 2.45) is 4.99 Å². The number of hydrogen-bond acceptors (Lipinski definition) is 4. The molecule has 140 valence electrons. The summed E-state index contributed by atoms with van der Waals surface area (Å²) in [6, 6.07) is 16.4. The molecule has 0 unspecified atom stereocenters. The van der Waals surface area contributed by atoms with E-state index < -0.39 is 9.84 Å². The van der Waals surface area contributed by atoms with Crippen LogP contribution in [0, 0.1) is 0 Å². The molecule has 0 N–H and O–H groups in total. The Hall–Kier alpha value is -1.83. The van der Waals surface area contributed by atoms with Crippen LogP contribution in [0.5, 0.6) is 0 Å². The number of thioether (sulfide) groups is 1. The van der Waals surface area contributed by atoms with Crippen molar-refractivity contribution in [1.82, 2.24) is 0 Å². The third kappa shape index (κ3) is 4.05. The van der Waals surface area contributed by atoms with Gasteiger partial charge in [-0.2, -0.15) is 4.99 Å². The van der Waals surface area contributed by atoms with E-state index in [1.54, 1.807) is 24.3 Å². The lowest BCUT2D eigenvalue weighted by Crippen LogP contribution is -2.37. The first-order chi connectivity index (χ1) is 12.9. The van der Waals surface area contributed by atoms with Crippen molar-refractivity contribution < 1.29 is 13.2 Å². The molecule has 0 spiro atoms. The van der Waals surface area contributed by atoms with Crippen LogP contribution >= 0.6 is 23.4 Å². The smallest absolute Gasteiger partial charge is 0.252 e. The second kappa shape index (κ2) is 7.30. The highest BCUT2D eigenvalue weighted by Gasteiger charge is 2.49. The van der Waals surface area contributed by atoms with Crippen LogP contribution in [0.25, 0.3) is 0 Å². The van der Waals surface area contributed by atoms with Crippen molar-refractivity contribution >= 4 is 50.0 Å². The Kier molecular flexibility index (Phi) is 5.01. The van der Waals surface area contributed by atoms with Crippen molar-refractivity contribution in [3.8, 4) is 0 Å². The monoisotopic (exact) mass is 420 g/mol. The Morgan fingerprint density at radius 2 is 1.81 bits per heavy atom. The van der Waals surface area contributed by atoms with E-state index in [0.717, 1.165) is 11.3 Å². The van der Waals surface area contributed by atoms with E-state index in [0.29, 0.717) is 10.2 Å². The van der Waals surface area contributed by atoms with Gasteiger partial charge in [0.05, 0.1) is 24.0 Å². The summed E-state index contributed by atoms with van der Waals surface area (Å²) in [4.78, 5) is 18.7. The summed E-state index contributed by atoms with van der Waals surface area (Å²) in [6.07, 6.45) is 0.178. The molecule has 0 saturated carbocycles. The molecule has 0 aromatic heterocycles. The van der Waals surface area contributed by atoms with Gasteiger partial charge in [0.25, 0.3) is 5.91 Å². The number of carbonyl (C=O) groups is 1. The number of rotatable bonds is 3. The van der Waals surface area contributed by atoms with Gasteiger partial charge in [-0.25, -0.2) is 8.42 Å². The van der Waals surface area contributed by atoms with Crippen LogP contribution in [0.2, 0.25) is 5.02 Å². The number of halogens is 1. The highest BCUT2D eigenvalue weighted by molar-refractivity contribution is 8.16. The van der Waals surface area contributed by atoms with Crippen LogP contribution in [0.1, 0.15) is 5.56 Å². The summed E-state index contributed by atoms with van der Waals surface area (Å²) in [6.45, 7) is 0. The fraction of sp³-hybridized carbons (Fsp3) is 0.263. The highest BCUT2D eigenvalue weighted by atomic mass is 35.5. The second-order valence-corrected chi connectivity index (χ2v) is 10.4. The third-order valence-electron chi connectivity index (χ3n) is 4.59. The Balaban J connectivity index is 1.61. The molecule has 2 aliphatic heterocycles. The fourth-order valence-electron chi connectivity index (χ4n) is 3.38. The molecule has 0 radical (unpaired) electrons. The number of nitrogens with zero attached hydrogens (tertiary/aromatic N) is 2. The maximum Gasteiger partial charge on any atom is 0.252 e. The van der Waals surface area contributed by atoms with E-state index in [2.05, 4.69) is 4.99 Å². The summed E-state index contributed by atoms with van der Waals surface area (Å²) in [5, 5.41) is 1.09. The summed E-state index contributed by atoms with van der Waals surface area (Å²) < 4.78 is 24.1. The second-order valence-electron chi connectivity index (χ2n) is 6.60. The SMILES string of the molecule is O=C(Cc1ccc(Cl)cc1)N=C1S[C@H]2CS(=O)(=O)C[C@H]2N1c1ccccc1. The molecule has 4 rings (SSSR count). The number of para-hydroxylation sites is 1. The van der Waals surface area contributed by atoms with Gasteiger partial charge in [0.2, 0.25) is 0 Å². The standard InChI is InChI=1S/C19H17ClN2O3S2/c20-14-8-6-13(7-9-14)10-18(23)21-19-22(15-4-2-1-3-5-15)16-11-27(24,25)12-17(16)26-19/h1-9,16-17H,10-12H2/t16-,17+/m1/s1. The fourth-order valence-corrected chi connectivity index (χ4v) is 7.44. The minimum atomic E-state index is -3.07. The first-order valence-electron chi connectivity index (χ1n) is 8.49. The zero-order valence-corrected chi connectivity index (χ0v) is 16.7. The number of fused-ring (bicyclic) bond motifs is 1. The molecule has 2 saturated heterocycles. The van der Waals surface area contributed by atoms with E-state index in [1.807, 2.05) is 35.2 Å². The first-order valence-corrected chi connectivity index (χ1v) is 11.6. The van der Waals surface area contributed by atoms with Crippen LogP contribution in [-0.4, -0.2) is 42.3 Å². The van der Waals surface area contributed by atoms with Crippen molar-refractivity contribution in [2.45, 2.75) is 17.7 Å². The molecule has 2 fully saturated rings. The lowest BCUT2D eigenvalue weighted by Gasteiger charge is -2.24. The Bertz CT molecular complexity index is 991.